The molecule has 0 aliphatic heterocycles. The minimum atomic E-state index is -1.18. The van der Waals surface area contributed by atoms with Gasteiger partial charge in [-0.25, -0.2) is 4.79 Å². The quantitative estimate of drug-likeness (QED) is 0.326. The molecule has 8 nitrogen and oxygen atoms in total. The molecule has 1 atom stereocenters. The number of aromatic carboxylic acids is 1. The van der Waals surface area contributed by atoms with Gasteiger partial charge in [-0.3, -0.25) is 9.59 Å². The van der Waals surface area contributed by atoms with Crippen molar-refractivity contribution >= 4 is 52.5 Å². The average molecular weight is 515 g/mol. The molecule has 0 aliphatic rings. The van der Waals surface area contributed by atoms with Gasteiger partial charge in [0.05, 0.1) is 41.3 Å². The molecule has 0 saturated heterocycles. The van der Waals surface area contributed by atoms with Gasteiger partial charge in [-0.1, -0.05) is 23.7 Å². The van der Waals surface area contributed by atoms with E-state index < -0.39 is 17.1 Å². The molecule has 0 aromatic heterocycles. The first-order valence-corrected chi connectivity index (χ1v) is 11.6. The molecule has 0 radical (unpaired) electrons. The van der Waals surface area contributed by atoms with E-state index in [1.807, 2.05) is 0 Å². The third-order valence-electron chi connectivity index (χ3n) is 4.93. The molecule has 0 saturated carbocycles. The zero-order valence-corrected chi connectivity index (χ0v) is 20.7. The molecular weight excluding hydrogens is 492 g/mol. The lowest BCUT2D eigenvalue weighted by molar-refractivity contribution is -0.115. The number of amides is 2. The van der Waals surface area contributed by atoms with Crippen LogP contribution in [0.5, 0.6) is 11.5 Å². The standard InChI is InChI=1S/C25H23ClN2O6S/c1-14(23(29)28-20-12-19(26)21(33-2)13-22(20)34-3)35-16-10-8-15(9-11-16)27-24(30)17-6-4-5-7-18(17)25(31)32/h4-14H,1-3H3,(H,27,30)(H,28,29)(H,31,32). The maximum atomic E-state index is 12.7. The van der Waals surface area contributed by atoms with E-state index in [4.69, 9.17) is 21.1 Å². The zero-order chi connectivity index (χ0) is 25.5. The summed E-state index contributed by atoms with van der Waals surface area (Å²) in [5, 5.41) is 14.7. The number of carbonyl (C=O) groups excluding carboxylic acids is 2. The smallest absolute Gasteiger partial charge is 0.336 e. The van der Waals surface area contributed by atoms with Gasteiger partial charge in [-0.05, 0) is 49.4 Å². The summed E-state index contributed by atoms with van der Waals surface area (Å²) in [4.78, 5) is 37.4. The first-order valence-electron chi connectivity index (χ1n) is 10.4. The van der Waals surface area contributed by atoms with Crippen LogP contribution in [0.2, 0.25) is 5.02 Å². The van der Waals surface area contributed by atoms with Crippen molar-refractivity contribution in [3.8, 4) is 11.5 Å². The molecule has 0 aliphatic carbocycles. The largest absolute Gasteiger partial charge is 0.495 e. The van der Waals surface area contributed by atoms with Crippen molar-refractivity contribution < 1.29 is 29.0 Å². The molecule has 0 spiro atoms. The first kappa shape index (κ1) is 25.9. The number of hydrogen-bond donors (Lipinski definition) is 3. The van der Waals surface area contributed by atoms with Gasteiger partial charge in [0, 0.05) is 16.6 Å². The molecule has 0 fully saturated rings. The van der Waals surface area contributed by atoms with Crippen LogP contribution in [-0.2, 0) is 4.79 Å². The van der Waals surface area contributed by atoms with Gasteiger partial charge in [-0.15, -0.1) is 11.8 Å². The molecule has 1 unspecified atom stereocenters. The summed E-state index contributed by atoms with van der Waals surface area (Å²) in [6, 6.07) is 16.0. The molecule has 3 rings (SSSR count). The lowest BCUT2D eigenvalue weighted by atomic mass is 10.1. The van der Waals surface area contributed by atoms with Crippen LogP contribution in [-0.4, -0.2) is 42.4 Å². The van der Waals surface area contributed by atoms with E-state index in [0.29, 0.717) is 27.9 Å². The number of methoxy groups -OCH3 is 2. The van der Waals surface area contributed by atoms with Crippen molar-refractivity contribution in [3.05, 3.63) is 76.8 Å². The van der Waals surface area contributed by atoms with Crippen LogP contribution >= 0.6 is 23.4 Å². The second-order valence-electron chi connectivity index (χ2n) is 7.27. The monoisotopic (exact) mass is 514 g/mol. The maximum Gasteiger partial charge on any atom is 0.336 e. The van der Waals surface area contributed by atoms with Crippen LogP contribution < -0.4 is 20.1 Å². The highest BCUT2D eigenvalue weighted by molar-refractivity contribution is 8.00. The number of rotatable bonds is 9. The van der Waals surface area contributed by atoms with Crippen molar-refractivity contribution in [2.45, 2.75) is 17.1 Å². The first-order chi connectivity index (χ1) is 16.7. The fourth-order valence-electron chi connectivity index (χ4n) is 3.13. The lowest BCUT2D eigenvalue weighted by Gasteiger charge is -2.16. The van der Waals surface area contributed by atoms with Gasteiger partial charge in [0.2, 0.25) is 5.91 Å². The molecular formula is C25H23ClN2O6S. The maximum absolute atomic E-state index is 12.7. The van der Waals surface area contributed by atoms with Crippen molar-refractivity contribution in [2.24, 2.45) is 0 Å². The molecule has 3 aromatic rings. The van der Waals surface area contributed by atoms with E-state index in [0.717, 1.165) is 4.90 Å². The van der Waals surface area contributed by atoms with E-state index in [2.05, 4.69) is 10.6 Å². The number of carboxylic acid groups (broad SMARTS) is 1. The Labute approximate surface area is 211 Å². The number of carbonyl (C=O) groups is 3. The molecule has 0 heterocycles. The zero-order valence-electron chi connectivity index (χ0n) is 19.1. The van der Waals surface area contributed by atoms with Crippen LogP contribution in [0.15, 0.2) is 65.6 Å². The van der Waals surface area contributed by atoms with Gasteiger partial charge < -0.3 is 25.2 Å². The summed E-state index contributed by atoms with van der Waals surface area (Å²) in [5.74, 6) is -1.10. The molecule has 3 aromatic carbocycles. The third kappa shape index (κ3) is 6.46. The van der Waals surface area contributed by atoms with Crippen LogP contribution in [0.25, 0.3) is 0 Å². The number of carboxylic acids is 1. The summed E-state index contributed by atoms with van der Waals surface area (Å²) < 4.78 is 10.5. The number of nitrogens with one attached hydrogen (secondary N) is 2. The molecule has 35 heavy (non-hydrogen) atoms. The normalized spacial score (nSPS) is 11.3. The van der Waals surface area contributed by atoms with E-state index >= 15 is 0 Å². The van der Waals surface area contributed by atoms with Gasteiger partial charge >= 0.3 is 5.97 Å². The highest BCUT2D eigenvalue weighted by Gasteiger charge is 2.19. The Hall–Kier alpha value is -3.69. The second kappa shape index (κ2) is 11.6. The lowest BCUT2D eigenvalue weighted by Crippen LogP contribution is -2.22. The summed E-state index contributed by atoms with van der Waals surface area (Å²) >= 11 is 7.49. The predicted molar refractivity (Wildman–Crippen MR) is 136 cm³/mol. The number of thioether (sulfide) groups is 1. The third-order valence-corrected chi connectivity index (χ3v) is 6.34. The Morgan fingerprint density at radius 1 is 0.914 bits per heavy atom. The predicted octanol–water partition coefficient (Wildman–Crippen LogP) is 5.43. The SMILES string of the molecule is COc1cc(OC)c(NC(=O)C(C)Sc2ccc(NC(=O)c3ccccc3C(=O)O)cc2)cc1Cl. The van der Waals surface area contributed by atoms with Gasteiger partial charge in [0.1, 0.15) is 11.5 Å². The van der Waals surface area contributed by atoms with Crippen LogP contribution in [0, 0.1) is 0 Å². The molecule has 0 bridgehead atoms. The van der Waals surface area contributed by atoms with Crippen LogP contribution in [0.4, 0.5) is 11.4 Å². The van der Waals surface area contributed by atoms with E-state index in [-0.39, 0.29) is 17.0 Å². The van der Waals surface area contributed by atoms with Crippen molar-refractivity contribution in [3.63, 3.8) is 0 Å². The topological polar surface area (TPSA) is 114 Å². The van der Waals surface area contributed by atoms with Gasteiger partial charge in [0.15, 0.2) is 0 Å². The average Bonchev–Trinajstić information content (AvgIpc) is 2.85. The molecule has 3 N–H and O–H groups in total. The summed E-state index contributed by atoms with van der Waals surface area (Å²) in [5.41, 5.74) is 0.911. The Morgan fingerprint density at radius 3 is 2.14 bits per heavy atom. The Morgan fingerprint density at radius 2 is 1.54 bits per heavy atom. The Bertz CT molecular complexity index is 1250. The van der Waals surface area contributed by atoms with Crippen LogP contribution in [0.3, 0.4) is 0 Å². The Kier molecular flexibility index (Phi) is 8.62. The summed E-state index contributed by atoms with van der Waals surface area (Å²) in [7, 11) is 2.97. The molecule has 10 heteroatoms. The molecule has 182 valence electrons. The van der Waals surface area contributed by atoms with Crippen molar-refractivity contribution in [1.29, 1.82) is 0 Å². The van der Waals surface area contributed by atoms with E-state index in [9.17, 15) is 19.5 Å². The van der Waals surface area contributed by atoms with Crippen LogP contribution in [0.1, 0.15) is 27.6 Å². The second-order valence-corrected chi connectivity index (χ2v) is 9.09. The molecule has 2 amide bonds. The number of hydrogen-bond acceptors (Lipinski definition) is 6. The number of halogens is 1. The fraction of sp³-hybridized carbons (Fsp3) is 0.160. The minimum Gasteiger partial charge on any atom is -0.495 e. The summed E-state index contributed by atoms with van der Waals surface area (Å²) in [6.45, 7) is 1.76. The number of benzene rings is 3. The van der Waals surface area contributed by atoms with E-state index in [1.165, 1.54) is 38.1 Å². The highest BCUT2D eigenvalue weighted by Crippen LogP contribution is 2.36. The van der Waals surface area contributed by atoms with Crippen molar-refractivity contribution in [2.75, 3.05) is 24.9 Å². The van der Waals surface area contributed by atoms with Gasteiger partial charge in [0.25, 0.3) is 5.91 Å². The summed E-state index contributed by atoms with van der Waals surface area (Å²) in [6.07, 6.45) is 0. The highest BCUT2D eigenvalue weighted by atomic mass is 35.5. The fourth-order valence-corrected chi connectivity index (χ4v) is 4.24. The Balaban J connectivity index is 1.64. The van der Waals surface area contributed by atoms with Gasteiger partial charge in [-0.2, -0.15) is 0 Å². The number of anilines is 2. The van der Waals surface area contributed by atoms with Crippen molar-refractivity contribution in [1.82, 2.24) is 0 Å². The number of ether oxygens (including phenoxy) is 2. The minimum absolute atomic E-state index is 0.0674. The van der Waals surface area contributed by atoms with E-state index in [1.54, 1.807) is 55.5 Å².